The quantitative estimate of drug-likeness (QED) is 0.626. The SMILES string of the molecule is Cc1c(Cl)sc2cccc(S)c12. The Morgan fingerprint density at radius 3 is 2.83 bits per heavy atom. The molecule has 1 heterocycles. The van der Waals surface area contributed by atoms with Crippen molar-refractivity contribution in [3.05, 3.63) is 28.1 Å². The van der Waals surface area contributed by atoms with Gasteiger partial charge in [0, 0.05) is 15.0 Å². The van der Waals surface area contributed by atoms with Gasteiger partial charge in [0.1, 0.15) is 0 Å². The Morgan fingerprint density at radius 2 is 2.17 bits per heavy atom. The van der Waals surface area contributed by atoms with Crippen molar-refractivity contribution < 1.29 is 0 Å². The predicted octanol–water partition coefficient (Wildman–Crippen LogP) is 4.15. The van der Waals surface area contributed by atoms with Gasteiger partial charge in [0.2, 0.25) is 0 Å². The van der Waals surface area contributed by atoms with E-state index in [1.165, 1.54) is 10.1 Å². The van der Waals surface area contributed by atoms with E-state index >= 15 is 0 Å². The molecule has 0 aliphatic rings. The average molecular weight is 215 g/mol. The van der Waals surface area contributed by atoms with Gasteiger partial charge in [-0.2, -0.15) is 0 Å². The minimum absolute atomic E-state index is 0.867. The lowest BCUT2D eigenvalue weighted by atomic mass is 10.2. The summed E-state index contributed by atoms with van der Waals surface area (Å²) in [5, 5.41) is 1.19. The number of benzene rings is 1. The van der Waals surface area contributed by atoms with Crippen molar-refractivity contribution >= 4 is 45.7 Å². The van der Waals surface area contributed by atoms with E-state index < -0.39 is 0 Å². The van der Waals surface area contributed by atoms with E-state index in [0.29, 0.717) is 0 Å². The first-order valence-corrected chi connectivity index (χ1v) is 5.21. The molecule has 1 aromatic carbocycles. The van der Waals surface area contributed by atoms with Crippen LogP contribution in [0.2, 0.25) is 4.34 Å². The summed E-state index contributed by atoms with van der Waals surface area (Å²) in [7, 11) is 0. The van der Waals surface area contributed by atoms with Crippen molar-refractivity contribution in [1.82, 2.24) is 0 Å². The van der Waals surface area contributed by atoms with E-state index in [9.17, 15) is 0 Å². The summed E-state index contributed by atoms with van der Waals surface area (Å²) in [6, 6.07) is 6.05. The third-order valence-electron chi connectivity index (χ3n) is 1.87. The minimum Gasteiger partial charge on any atom is -0.143 e. The molecule has 0 saturated heterocycles. The van der Waals surface area contributed by atoms with Crippen molar-refractivity contribution in [2.75, 3.05) is 0 Å². The van der Waals surface area contributed by atoms with Gasteiger partial charge in [-0.15, -0.1) is 24.0 Å². The Morgan fingerprint density at radius 1 is 1.42 bits per heavy atom. The van der Waals surface area contributed by atoms with Gasteiger partial charge in [0.05, 0.1) is 4.34 Å². The number of fused-ring (bicyclic) bond motifs is 1. The molecule has 0 nitrogen and oxygen atoms in total. The first-order chi connectivity index (χ1) is 5.70. The van der Waals surface area contributed by atoms with Crippen molar-refractivity contribution in [3.8, 4) is 0 Å². The molecule has 0 aliphatic carbocycles. The van der Waals surface area contributed by atoms with Gasteiger partial charge >= 0.3 is 0 Å². The first-order valence-electron chi connectivity index (χ1n) is 3.56. The minimum atomic E-state index is 0.867. The second kappa shape index (κ2) is 2.95. The molecule has 0 saturated carbocycles. The maximum Gasteiger partial charge on any atom is 0.0970 e. The van der Waals surface area contributed by atoms with Crippen LogP contribution < -0.4 is 0 Å². The third kappa shape index (κ3) is 1.15. The third-order valence-corrected chi connectivity index (χ3v) is 3.81. The standard InChI is InChI=1S/C9H7ClS2/c1-5-8-6(11)3-2-4-7(8)12-9(5)10/h2-4,11H,1H3. The van der Waals surface area contributed by atoms with Crippen LogP contribution >= 0.6 is 35.6 Å². The van der Waals surface area contributed by atoms with Gasteiger partial charge in [-0.05, 0) is 24.6 Å². The Kier molecular flexibility index (Phi) is 2.07. The Hall–Kier alpha value is -0.180. The smallest absolute Gasteiger partial charge is 0.0970 e. The molecule has 2 aromatic rings. The van der Waals surface area contributed by atoms with E-state index in [0.717, 1.165) is 14.8 Å². The molecule has 62 valence electrons. The number of halogens is 1. The lowest BCUT2D eigenvalue weighted by Crippen LogP contribution is -1.70. The highest BCUT2D eigenvalue weighted by Gasteiger charge is 2.07. The van der Waals surface area contributed by atoms with Crippen LogP contribution in [0.5, 0.6) is 0 Å². The van der Waals surface area contributed by atoms with Crippen LogP contribution in [0, 0.1) is 6.92 Å². The average Bonchev–Trinajstić information content (AvgIpc) is 2.29. The van der Waals surface area contributed by atoms with E-state index in [-0.39, 0.29) is 0 Å². The van der Waals surface area contributed by atoms with Crippen LogP contribution in [-0.2, 0) is 0 Å². The summed E-state index contributed by atoms with van der Waals surface area (Å²) in [6.07, 6.45) is 0. The molecule has 0 unspecified atom stereocenters. The molecule has 12 heavy (non-hydrogen) atoms. The fraction of sp³-hybridized carbons (Fsp3) is 0.111. The summed E-state index contributed by atoms with van der Waals surface area (Å²) in [5.74, 6) is 0. The molecule has 0 spiro atoms. The second-order valence-corrected chi connectivity index (χ2v) is 4.79. The molecule has 0 N–H and O–H groups in total. The molecule has 0 fully saturated rings. The summed E-state index contributed by atoms with van der Waals surface area (Å²) in [6.45, 7) is 2.03. The lowest BCUT2D eigenvalue weighted by Gasteiger charge is -1.94. The molecule has 0 bridgehead atoms. The van der Waals surface area contributed by atoms with Crippen molar-refractivity contribution in [2.45, 2.75) is 11.8 Å². The van der Waals surface area contributed by atoms with Crippen LogP contribution in [0.15, 0.2) is 23.1 Å². The zero-order valence-electron chi connectivity index (χ0n) is 6.47. The van der Waals surface area contributed by atoms with Crippen molar-refractivity contribution in [1.29, 1.82) is 0 Å². The largest absolute Gasteiger partial charge is 0.143 e. The molecule has 0 atom stereocenters. The molecule has 0 radical (unpaired) electrons. The number of hydrogen-bond donors (Lipinski definition) is 1. The van der Waals surface area contributed by atoms with Crippen molar-refractivity contribution in [3.63, 3.8) is 0 Å². The Balaban J connectivity index is 2.97. The first kappa shape index (κ1) is 8.42. The van der Waals surface area contributed by atoms with Gasteiger partial charge in [-0.3, -0.25) is 0 Å². The van der Waals surface area contributed by atoms with Crippen LogP contribution in [0.25, 0.3) is 10.1 Å². The highest BCUT2D eigenvalue weighted by atomic mass is 35.5. The monoisotopic (exact) mass is 214 g/mol. The van der Waals surface area contributed by atoms with Gasteiger partial charge in [-0.25, -0.2) is 0 Å². The fourth-order valence-electron chi connectivity index (χ4n) is 1.25. The summed E-state index contributed by atoms with van der Waals surface area (Å²) < 4.78 is 2.08. The zero-order chi connectivity index (χ0) is 8.72. The normalized spacial score (nSPS) is 10.9. The van der Waals surface area contributed by atoms with Gasteiger partial charge in [-0.1, -0.05) is 17.7 Å². The van der Waals surface area contributed by atoms with Crippen molar-refractivity contribution in [2.24, 2.45) is 0 Å². The highest BCUT2D eigenvalue weighted by Crippen LogP contribution is 2.37. The summed E-state index contributed by atoms with van der Waals surface area (Å²) in [4.78, 5) is 1.01. The Bertz CT molecular complexity index is 431. The summed E-state index contributed by atoms with van der Waals surface area (Å²) in [5.41, 5.74) is 1.14. The van der Waals surface area contributed by atoms with Gasteiger partial charge < -0.3 is 0 Å². The molecule has 0 aliphatic heterocycles. The Labute approximate surface area is 85.6 Å². The van der Waals surface area contributed by atoms with Gasteiger partial charge in [0.25, 0.3) is 0 Å². The fourth-order valence-corrected chi connectivity index (χ4v) is 3.01. The van der Waals surface area contributed by atoms with Crippen LogP contribution in [-0.4, -0.2) is 0 Å². The molecule has 1 aromatic heterocycles. The van der Waals surface area contributed by atoms with E-state index in [4.69, 9.17) is 11.6 Å². The van der Waals surface area contributed by atoms with Crippen LogP contribution in [0.4, 0.5) is 0 Å². The topological polar surface area (TPSA) is 0 Å². The lowest BCUT2D eigenvalue weighted by molar-refractivity contribution is 1.51. The number of rotatable bonds is 0. The number of hydrogen-bond acceptors (Lipinski definition) is 2. The van der Waals surface area contributed by atoms with Crippen LogP contribution in [0.1, 0.15) is 5.56 Å². The predicted molar refractivity (Wildman–Crippen MR) is 58.8 cm³/mol. The summed E-state index contributed by atoms with van der Waals surface area (Å²) >= 11 is 12.0. The van der Waals surface area contributed by atoms with Gasteiger partial charge in [0.15, 0.2) is 0 Å². The molecule has 3 heteroatoms. The number of thiophene rings is 1. The maximum absolute atomic E-state index is 6.01. The van der Waals surface area contributed by atoms with E-state index in [1.54, 1.807) is 11.3 Å². The highest BCUT2D eigenvalue weighted by molar-refractivity contribution is 7.80. The van der Waals surface area contributed by atoms with E-state index in [1.807, 2.05) is 19.1 Å². The molecular formula is C9H7ClS2. The number of aryl methyl sites for hydroxylation is 1. The molecule has 2 rings (SSSR count). The number of thiol groups is 1. The second-order valence-electron chi connectivity index (χ2n) is 2.65. The van der Waals surface area contributed by atoms with E-state index in [2.05, 4.69) is 18.7 Å². The molecular weight excluding hydrogens is 208 g/mol. The maximum atomic E-state index is 6.01. The van der Waals surface area contributed by atoms with Crippen LogP contribution in [0.3, 0.4) is 0 Å². The molecule has 0 amide bonds. The zero-order valence-corrected chi connectivity index (χ0v) is 8.93.